The van der Waals surface area contributed by atoms with E-state index in [9.17, 15) is 0 Å². The molecule has 1 aromatic carbocycles. The summed E-state index contributed by atoms with van der Waals surface area (Å²) in [6.07, 6.45) is 4.15. The lowest BCUT2D eigenvalue weighted by atomic mass is 9.70. The van der Waals surface area contributed by atoms with Crippen LogP contribution < -0.4 is 5.73 Å². The van der Waals surface area contributed by atoms with Crippen molar-refractivity contribution in [3.05, 3.63) is 29.8 Å². The molecule has 0 spiro atoms. The third-order valence-electron chi connectivity index (χ3n) is 3.87. The van der Waals surface area contributed by atoms with Crippen molar-refractivity contribution in [2.75, 3.05) is 5.73 Å². The smallest absolute Gasteiger partial charge is 0.0314 e. The van der Waals surface area contributed by atoms with E-state index >= 15 is 0 Å². The van der Waals surface area contributed by atoms with Crippen LogP contribution in [0.4, 0.5) is 5.69 Å². The van der Waals surface area contributed by atoms with Crippen LogP contribution >= 0.6 is 0 Å². The van der Waals surface area contributed by atoms with E-state index in [0.29, 0.717) is 0 Å². The van der Waals surface area contributed by atoms with Crippen molar-refractivity contribution in [2.24, 2.45) is 11.8 Å². The predicted octanol–water partition coefficient (Wildman–Crippen LogP) is 3.81. The summed E-state index contributed by atoms with van der Waals surface area (Å²) in [5.41, 5.74) is 8.07. The van der Waals surface area contributed by atoms with Crippen LogP contribution in [0.2, 0.25) is 0 Å². The van der Waals surface area contributed by atoms with Crippen LogP contribution in [0.25, 0.3) is 0 Å². The summed E-state index contributed by atoms with van der Waals surface area (Å²) in [5, 5.41) is 0. The number of anilines is 1. The minimum absolute atomic E-state index is 0.736. The minimum Gasteiger partial charge on any atom is -0.399 e. The van der Waals surface area contributed by atoms with Crippen molar-refractivity contribution in [1.29, 1.82) is 0 Å². The zero-order valence-corrected chi connectivity index (χ0v) is 9.74. The molecule has 15 heavy (non-hydrogen) atoms. The normalized spacial score (nSPS) is 31.5. The molecular weight excluding hydrogens is 182 g/mol. The van der Waals surface area contributed by atoms with Gasteiger partial charge in [0.25, 0.3) is 0 Å². The lowest BCUT2D eigenvalue weighted by Crippen LogP contribution is -2.22. The lowest BCUT2D eigenvalue weighted by molar-refractivity contribution is 0.249. The maximum Gasteiger partial charge on any atom is 0.0314 e. The van der Waals surface area contributed by atoms with Crippen LogP contribution in [0.3, 0.4) is 0 Å². The van der Waals surface area contributed by atoms with Crippen LogP contribution in [-0.4, -0.2) is 0 Å². The van der Waals surface area contributed by atoms with Crippen LogP contribution in [0.15, 0.2) is 24.3 Å². The van der Waals surface area contributed by atoms with Gasteiger partial charge in [0.15, 0.2) is 0 Å². The van der Waals surface area contributed by atoms with Crippen LogP contribution in [0, 0.1) is 11.8 Å². The Morgan fingerprint density at radius 1 is 1.00 bits per heavy atom. The monoisotopic (exact) mass is 203 g/mol. The molecule has 0 radical (unpaired) electrons. The molecule has 0 amide bonds. The second-order valence-corrected chi connectivity index (χ2v) is 5.08. The van der Waals surface area contributed by atoms with E-state index in [1.165, 1.54) is 24.8 Å². The first-order chi connectivity index (χ1) is 7.18. The highest BCUT2D eigenvalue weighted by atomic mass is 14.5. The fraction of sp³-hybridized carbons (Fsp3) is 0.571. The Labute approximate surface area is 92.7 Å². The van der Waals surface area contributed by atoms with Crippen LogP contribution in [0.5, 0.6) is 0 Å². The number of benzene rings is 1. The molecule has 0 heterocycles. The molecule has 3 atom stereocenters. The highest BCUT2D eigenvalue weighted by molar-refractivity contribution is 5.40. The predicted molar refractivity (Wildman–Crippen MR) is 65.8 cm³/mol. The van der Waals surface area contributed by atoms with Crippen molar-refractivity contribution < 1.29 is 0 Å². The molecule has 1 fully saturated rings. The maximum absolute atomic E-state index is 5.73. The van der Waals surface area contributed by atoms with Crippen molar-refractivity contribution in [3.8, 4) is 0 Å². The van der Waals surface area contributed by atoms with Gasteiger partial charge >= 0.3 is 0 Å². The Morgan fingerprint density at radius 2 is 1.53 bits per heavy atom. The summed E-state index contributed by atoms with van der Waals surface area (Å²) in [6, 6.07) is 8.48. The van der Waals surface area contributed by atoms with Gasteiger partial charge in [0, 0.05) is 5.69 Å². The summed E-state index contributed by atoms with van der Waals surface area (Å²) in [6.45, 7) is 4.77. The maximum atomic E-state index is 5.73. The number of rotatable bonds is 1. The van der Waals surface area contributed by atoms with Crippen molar-refractivity contribution in [2.45, 2.75) is 39.0 Å². The van der Waals surface area contributed by atoms with Gasteiger partial charge in [-0.25, -0.2) is 0 Å². The van der Waals surface area contributed by atoms with Gasteiger partial charge < -0.3 is 5.73 Å². The van der Waals surface area contributed by atoms with E-state index in [1.54, 1.807) is 0 Å². The average molecular weight is 203 g/mol. The topological polar surface area (TPSA) is 26.0 Å². The fourth-order valence-electron chi connectivity index (χ4n) is 3.06. The SMILES string of the molecule is C[C@@H]1CCC[C@H](C)C1c1ccc(N)cc1. The summed E-state index contributed by atoms with van der Waals surface area (Å²) in [7, 11) is 0. The molecule has 1 heteroatoms. The molecule has 1 aromatic rings. The molecule has 1 unspecified atom stereocenters. The second-order valence-electron chi connectivity index (χ2n) is 5.08. The Kier molecular flexibility index (Phi) is 2.99. The van der Waals surface area contributed by atoms with E-state index in [1.807, 2.05) is 12.1 Å². The molecule has 82 valence electrons. The molecule has 1 saturated carbocycles. The third-order valence-corrected chi connectivity index (χ3v) is 3.87. The van der Waals surface area contributed by atoms with Gasteiger partial charge in [-0.05, 0) is 35.4 Å². The molecule has 2 N–H and O–H groups in total. The summed E-state index contributed by atoms with van der Waals surface area (Å²) < 4.78 is 0. The molecule has 1 aliphatic rings. The standard InChI is InChI=1S/C14H21N/c1-10-4-3-5-11(2)14(10)12-6-8-13(15)9-7-12/h6-11,14H,3-5,15H2,1-2H3/t10-,11+,14?. The summed E-state index contributed by atoms with van der Waals surface area (Å²) in [5.74, 6) is 2.37. The first kappa shape index (κ1) is 10.5. The number of nitrogen functional groups attached to an aromatic ring is 1. The molecule has 0 aliphatic heterocycles. The van der Waals surface area contributed by atoms with E-state index < -0.39 is 0 Å². The molecule has 0 bridgehead atoms. The van der Waals surface area contributed by atoms with Gasteiger partial charge in [0.05, 0.1) is 0 Å². The molecule has 1 aliphatic carbocycles. The highest BCUT2D eigenvalue weighted by Gasteiger charge is 2.28. The second kappa shape index (κ2) is 4.26. The zero-order chi connectivity index (χ0) is 10.8. The summed E-state index contributed by atoms with van der Waals surface area (Å²) in [4.78, 5) is 0. The molecule has 0 aromatic heterocycles. The van der Waals surface area contributed by atoms with E-state index in [4.69, 9.17) is 5.73 Å². The van der Waals surface area contributed by atoms with Crippen molar-refractivity contribution >= 4 is 5.69 Å². The Hall–Kier alpha value is -0.980. The Bertz CT molecular complexity index is 305. The van der Waals surface area contributed by atoms with E-state index in [2.05, 4.69) is 26.0 Å². The first-order valence-corrected chi connectivity index (χ1v) is 6.04. The lowest BCUT2D eigenvalue weighted by Gasteiger charge is -2.35. The molecule has 2 rings (SSSR count). The van der Waals surface area contributed by atoms with E-state index in [-0.39, 0.29) is 0 Å². The average Bonchev–Trinajstić information content (AvgIpc) is 2.20. The number of nitrogens with two attached hydrogens (primary N) is 1. The van der Waals surface area contributed by atoms with Crippen molar-refractivity contribution in [1.82, 2.24) is 0 Å². The largest absolute Gasteiger partial charge is 0.399 e. The third kappa shape index (κ3) is 2.17. The number of hydrogen-bond acceptors (Lipinski definition) is 1. The molecule has 0 saturated heterocycles. The van der Waals surface area contributed by atoms with Gasteiger partial charge in [-0.3, -0.25) is 0 Å². The van der Waals surface area contributed by atoms with Crippen LogP contribution in [-0.2, 0) is 0 Å². The zero-order valence-electron chi connectivity index (χ0n) is 9.74. The minimum atomic E-state index is 0.736. The van der Waals surface area contributed by atoms with Gasteiger partial charge in [-0.2, -0.15) is 0 Å². The van der Waals surface area contributed by atoms with Gasteiger partial charge in [0.2, 0.25) is 0 Å². The Morgan fingerprint density at radius 3 is 2.07 bits per heavy atom. The van der Waals surface area contributed by atoms with Gasteiger partial charge in [0.1, 0.15) is 0 Å². The quantitative estimate of drug-likeness (QED) is 0.690. The fourth-order valence-corrected chi connectivity index (χ4v) is 3.06. The molecular formula is C14H21N. The molecule has 1 nitrogen and oxygen atoms in total. The summed E-state index contributed by atoms with van der Waals surface area (Å²) >= 11 is 0. The first-order valence-electron chi connectivity index (χ1n) is 6.04. The Balaban J connectivity index is 2.23. The van der Waals surface area contributed by atoms with Gasteiger partial charge in [-0.15, -0.1) is 0 Å². The van der Waals surface area contributed by atoms with E-state index in [0.717, 1.165) is 23.4 Å². The highest BCUT2D eigenvalue weighted by Crippen LogP contribution is 2.41. The van der Waals surface area contributed by atoms with Gasteiger partial charge in [-0.1, -0.05) is 45.2 Å². The number of hydrogen-bond donors (Lipinski definition) is 1. The van der Waals surface area contributed by atoms with Crippen molar-refractivity contribution in [3.63, 3.8) is 0 Å². The van der Waals surface area contributed by atoms with Crippen LogP contribution in [0.1, 0.15) is 44.6 Å².